The third-order valence-electron chi connectivity index (χ3n) is 7.59. The van der Waals surface area contributed by atoms with Gasteiger partial charge < -0.3 is 25.2 Å². The maximum Gasteiger partial charge on any atom is 0.200 e. The normalized spacial score (nSPS) is 27.7. The molecule has 2 aromatic carbocycles. The molecule has 0 aromatic heterocycles. The summed E-state index contributed by atoms with van der Waals surface area (Å²) in [6.07, 6.45) is 8.45. The average molecular weight is 396 g/mol. The zero-order valence-electron chi connectivity index (χ0n) is 16.5. The number of hydrogen-bond acceptors (Lipinski definition) is 5. The van der Waals surface area contributed by atoms with E-state index in [4.69, 9.17) is 4.74 Å². The average Bonchev–Trinajstić information content (AvgIpc) is 2.72. The smallest absolute Gasteiger partial charge is 0.200 e. The molecule has 3 atom stereocenters. The van der Waals surface area contributed by atoms with Crippen LogP contribution in [0.4, 0.5) is 0 Å². The van der Waals surface area contributed by atoms with Crippen molar-refractivity contribution in [1.82, 2.24) is 0 Å². The summed E-state index contributed by atoms with van der Waals surface area (Å²) in [5.74, 6) is 0.480. The van der Waals surface area contributed by atoms with Gasteiger partial charge >= 0.3 is 0 Å². The third kappa shape index (κ3) is 2.74. The molecular weight excluding hydrogens is 368 g/mol. The Bertz CT molecular complexity index is 931. The van der Waals surface area contributed by atoms with Crippen molar-refractivity contribution in [3.63, 3.8) is 0 Å². The van der Waals surface area contributed by atoms with Gasteiger partial charge in [0.05, 0.1) is 0 Å². The fourth-order valence-corrected chi connectivity index (χ4v) is 6.33. The Morgan fingerprint density at radius 3 is 2.38 bits per heavy atom. The lowest BCUT2D eigenvalue weighted by Crippen LogP contribution is -2.52. The first kappa shape index (κ1) is 18.5. The van der Waals surface area contributed by atoms with Crippen molar-refractivity contribution in [2.24, 2.45) is 5.92 Å². The van der Waals surface area contributed by atoms with Crippen LogP contribution in [-0.2, 0) is 5.41 Å². The van der Waals surface area contributed by atoms with Gasteiger partial charge in [0.2, 0.25) is 5.75 Å². The highest BCUT2D eigenvalue weighted by molar-refractivity contribution is 5.58. The topological polar surface area (TPSA) is 90.2 Å². The Balaban J connectivity index is 1.65. The van der Waals surface area contributed by atoms with Gasteiger partial charge in [-0.25, -0.2) is 0 Å². The first-order valence-corrected chi connectivity index (χ1v) is 10.8. The van der Waals surface area contributed by atoms with Crippen LogP contribution in [0, 0.1) is 5.92 Å². The van der Waals surface area contributed by atoms with Crippen LogP contribution in [0.3, 0.4) is 0 Å². The van der Waals surface area contributed by atoms with Crippen LogP contribution in [0.2, 0.25) is 0 Å². The zero-order chi connectivity index (χ0) is 20.2. The van der Waals surface area contributed by atoms with Gasteiger partial charge in [-0.15, -0.1) is 0 Å². The summed E-state index contributed by atoms with van der Waals surface area (Å²) in [4.78, 5) is 0. The van der Waals surface area contributed by atoms with Gasteiger partial charge in [0.25, 0.3) is 0 Å². The number of aromatic hydroxyl groups is 4. The molecule has 29 heavy (non-hydrogen) atoms. The Kier molecular flexibility index (Phi) is 4.30. The number of hydrogen-bond donors (Lipinski definition) is 4. The number of benzene rings is 2. The van der Waals surface area contributed by atoms with Gasteiger partial charge in [0, 0.05) is 34.4 Å². The van der Waals surface area contributed by atoms with Crippen molar-refractivity contribution in [3.8, 4) is 28.7 Å². The van der Waals surface area contributed by atoms with Crippen LogP contribution in [0.25, 0.3) is 0 Å². The molecule has 0 bridgehead atoms. The summed E-state index contributed by atoms with van der Waals surface area (Å²) in [6, 6.07) is 8.30. The van der Waals surface area contributed by atoms with Crippen molar-refractivity contribution in [1.29, 1.82) is 0 Å². The number of phenolic OH excluding ortho intramolecular Hbond substituents is 4. The molecule has 0 amide bonds. The van der Waals surface area contributed by atoms with Crippen molar-refractivity contribution >= 4 is 0 Å². The molecule has 1 aliphatic heterocycles. The van der Waals surface area contributed by atoms with Crippen LogP contribution in [0.1, 0.15) is 68.4 Å². The lowest BCUT2D eigenvalue weighted by molar-refractivity contribution is -0.0173. The third-order valence-corrected chi connectivity index (χ3v) is 7.59. The molecule has 0 radical (unpaired) electrons. The minimum absolute atomic E-state index is 0.0250. The number of fused-ring (bicyclic) bond motifs is 4. The Labute approximate surface area is 170 Å². The lowest BCUT2D eigenvalue weighted by Gasteiger charge is -2.54. The van der Waals surface area contributed by atoms with E-state index in [0.717, 1.165) is 56.1 Å². The molecule has 0 saturated heterocycles. The van der Waals surface area contributed by atoms with Gasteiger partial charge in [-0.1, -0.05) is 37.8 Å². The highest BCUT2D eigenvalue weighted by Crippen LogP contribution is 2.61. The van der Waals surface area contributed by atoms with Gasteiger partial charge in [-0.05, 0) is 37.8 Å². The zero-order valence-corrected chi connectivity index (χ0v) is 16.5. The number of ether oxygens (including phenoxy) is 1. The number of rotatable bonds is 1. The highest BCUT2D eigenvalue weighted by atomic mass is 16.5. The second-order valence-corrected chi connectivity index (χ2v) is 9.00. The van der Waals surface area contributed by atoms with Crippen LogP contribution < -0.4 is 4.74 Å². The van der Waals surface area contributed by atoms with Crippen molar-refractivity contribution in [3.05, 3.63) is 41.5 Å². The van der Waals surface area contributed by atoms with E-state index >= 15 is 0 Å². The van der Waals surface area contributed by atoms with E-state index in [1.165, 1.54) is 12.5 Å². The molecule has 4 N–H and O–H groups in total. The second kappa shape index (κ2) is 6.75. The van der Waals surface area contributed by atoms with E-state index in [0.29, 0.717) is 11.7 Å². The predicted molar refractivity (Wildman–Crippen MR) is 109 cm³/mol. The molecule has 2 saturated carbocycles. The Hall–Kier alpha value is -2.56. The summed E-state index contributed by atoms with van der Waals surface area (Å²) in [6.45, 7) is 0. The molecule has 2 aromatic rings. The Morgan fingerprint density at radius 2 is 1.62 bits per heavy atom. The molecule has 3 aliphatic rings. The molecule has 5 heteroatoms. The first-order chi connectivity index (χ1) is 14.0. The highest BCUT2D eigenvalue weighted by Gasteiger charge is 2.54. The van der Waals surface area contributed by atoms with E-state index < -0.39 is 0 Å². The minimum atomic E-state index is -0.183. The van der Waals surface area contributed by atoms with Crippen LogP contribution in [0.5, 0.6) is 28.7 Å². The monoisotopic (exact) mass is 396 g/mol. The maximum absolute atomic E-state index is 10.6. The SMILES string of the molecule is Oc1ccc(C2CCCC3C2Oc2c(ccc(O)c2O)C32CCCCC2)c(O)c1. The Morgan fingerprint density at radius 1 is 0.828 bits per heavy atom. The maximum atomic E-state index is 10.6. The molecule has 5 nitrogen and oxygen atoms in total. The van der Waals surface area contributed by atoms with Gasteiger partial charge in [0.1, 0.15) is 17.6 Å². The summed E-state index contributed by atoms with van der Waals surface area (Å²) in [7, 11) is 0. The van der Waals surface area contributed by atoms with Crippen molar-refractivity contribution < 1.29 is 25.2 Å². The predicted octanol–water partition coefficient (Wildman–Crippen LogP) is 5.06. The van der Waals surface area contributed by atoms with Gasteiger partial charge in [0.15, 0.2) is 11.5 Å². The quantitative estimate of drug-likeness (QED) is 0.506. The summed E-state index contributed by atoms with van der Waals surface area (Å²) in [5, 5.41) is 41.0. The van der Waals surface area contributed by atoms with Gasteiger partial charge in [-0.2, -0.15) is 0 Å². The molecule has 2 fully saturated rings. The molecule has 1 heterocycles. The fourth-order valence-electron chi connectivity index (χ4n) is 6.33. The first-order valence-electron chi connectivity index (χ1n) is 10.8. The van der Waals surface area contributed by atoms with Gasteiger partial charge in [-0.3, -0.25) is 0 Å². The van der Waals surface area contributed by atoms with Crippen LogP contribution >= 0.6 is 0 Å². The molecule has 3 unspecified atom stereocenters. The second-order valence-electron chi connectivity index (χ2n) is 9.00. The standard InChI is InChI=1S/C24H28O5/c25-14-7-8-15(20(27)13-14)16-5-4-6-17-22(16)29-23-18(9-10-19(26)21(23)28)24(17)11-2-1-3-12-24/h7-10,13,16-17,22,25-28H,1-6,11-12H2. The molecule has 154 valence electrons. The molecular formula is C24H28O5. The van der Waals surface area contributed by atoms with E-state index in [1.54, 1.807) is 18.2 Å². The van der Waals surface area contributed by atoms with E-state index in [-0.39, 0.29) is 40.4 Å². The molecule has 5 rings (SSSR count). The summed E-state index contributed by atoms with van der Waals surface area (Å²) < 4.78 is 6.44. The van der Waals surface area contributed by atoms with Crippen LogP contribution in [0.15, 0.2) is 30.3 Å². The summed E-state index contributed by atoms with van der Waals surface area (Å²) in [5.41, 5.74) is 1.75. The van der Waals surface area contributed by atoms with E-state index in [9.17, 15) is 20.4 Å². The minimum Gasteiger partial charge on any atom is -0.508 e. The summed E-state index contributed by atoms with van der Waals surface area (Å²) >= 11 is 0. The molecule has 2 aliphatic carbocycles. The van der Waals surface area contributed by atoms with Crippen molar-refractivity contribution in [2.75, 3.05) is 0 Å². The largest absolute Gasteiger partial charge is 0.508 e. The van der Waals surface area contributed by atoms with E-state index in [2.05, 4.69) is 0 Å². The van der Waals surface area contributed by atoms with Crippen molar-refractivity contribution in [2.45, 2.75) is 68.8 Å². The molecule has 1 spiro atoms. The van der Waals surface area contributed by atoms with Crippen LogP contribution in [-0.4, -0.2) is 26.5 Å². The van der Waals surface area contributed by atoms with E-state index in [1.807, 2.05) is 6.07 Å². The fraction of sp³-hybridized carbons (Fsp3) is 0.500. The lowest BCUT2D eigenvalue weighted by atomic mass is 9.54. The number of phenols is 4.